The average Bonchev–Trinajstić information content (AvgIpc) is 3.32. The van der Waals surface area contributed by atoms with Crippen LogP contribution in [0.15, 0.2) is 73.3 Å². The van der Waals surface area contributed by atoms with Crippen LogP contribution in [0.2, 0.25) is 0 Å². The molecule has 7 heteroatoms. The van der Waals surface area contributed by atoms with E-state index in [9.17, 15) is 13.2 Å². The predicted molar refractivity (Wildman–Crippen MR) is 136 cm³/mol. The third-order valence-corrected chi connectivity index (χ3v) is 10.9. The van der Waals surface area contributed by atoms with E-state index in [4.69, 9.17) is 4.84 Å². The largest absolute Gasteiger partial charge is 0.296 e. The normalized spacial score (nSPS) is 29.5. The number of fused-ring (bicyclic) bond motifs is 1. The highest BCUT2D eigenvalue weighted by Crippen LogP contribution is 2.70. The molecule has 2 unspecified atom stereocenters. The Morgan fingerprint density at radius 2 is 1.83 bits per heavy atom. The first-order valence-electron chi connectivity index (χ1n) is 12.4. The number of hydroxylamine groups is 1. The Kier molecular flexibility index (Phi) is 6.14. The molecule has 3 aliphatic rings. The fraction of sp³-hybridized carbons (Fsp3) is 0.464. The standard InChI is InChI=1S/C28H34N2O4S/c1-4-23(21-13-9-6-10-14-21)25(29-34-18-20-11-7-5-8-12-20)26(31)30-24-17-22-15-16-28(24,27(22,2)3)19-35(30,32)33/h4-14,22-25,29H,1,15-19H2,2-3H3/t22?,23-,24?,25-,28+/m0/s1. The number of sulfonamides is 1. The molecule has 2 aromatic rings. The Morgan fingerprint density at radius 3 is 2.46 bits per heavy atom. The van der Waals surface area contributed by atoms with Crippen molar-refractivity contribution < 1.29 is 18.0 Å². The van der Waals surface area contributed by atoms with Gasteiger partial charge in [-0.3, -0.25) is 9.63 Å². The molecule has 2 saturated carbocycles. The number of benzene rings is 2. The summed E-state index contributed by atoms with van der Waals surface area (Å²) < 4.78 is 28.3. The van der Waals surface area contributed by atoms with Crippen LogP contribution in [0.1, 0.15) is 50.2 Å². The first-order valence-corrected chi connectivity index (χ1v) is 14.0. The Labute approximate surface area is 208 Å². The second kappa shape index (κ2) is 8.87. The van der Waals surface area contributed by atoms with Gasteiger partial charge in [0.05, 0.1) is 18.4 Å². The van der Waals surface area contributed by atoms with Crippen molar-refractivity contribution in [2.24, 2.45) is 16.7 Å². The highest BCUT2D eigenvalue weighted by atomic mass is 32.2. The Morgan fingerprint density at radius 1 is 1.17 bits per heavy atom. The average molecular weight is 495 g/mol. The molecule has 35 heavy (non-hydrogen) atoms. The minimum Gasteiger partial charge on any atom is -0.296 e. The number of hydrogen-bond acceptors (Lipinski definition) is 5. The topological polar surface area (TPSA) is 75.7 Å². The van der Waals surface area contributed by atoms with Gasteiger partial charge in [-0.1, -0.05) is 80.6 Å². The molecule has 5 rings (SSSR count). The van der Waals surface area contributed by atoms with Gasteiger partial charge < -0.3 is 0 Å². The van der Waals surface area contributed by atoms with Crippen LogP contribution in [0.3, 0.4) is 0 Å². The van der Waals surface area contributed by atoms with E-state index in [1.807, 2.05) is 60.7 Å². The monoisotopic (exact) mass is 494 g/mol. The summed E-state index contributed by atoms with van der Waals surface area (Å²) >= 11 is 0. The Balaban J connectivity index is 1.47. The van der Waals surface area contributed by atoms with Crippen LogP contribution in [0.25, 0.3) is 0 Å². The minimum absolute atomic E-state index is 0.0432. The van der Waals surface area contributed by atoms with E-state index in [0.29, 0.717) is 5.92 Å². The van der Waals surface area contributed by atoms with Gasteiger partial charge in [-0.2, -0.15) is 5.48 Å². The first kappa shape index (κ1) is 24.2. The lowest BCUT2D eigenvalue weighted by atomic mass is 9.69. The van der Waals surface area contributed by atoms with Crippen LogP contribution in [0.5, 0.6) is 0 Å². The molecule has 1 N–H and O–H groups in total. The predicted octanol–water partition coefficient (Wildman–Crippen LogP) is 4.41. The number of carbonyl (C=O) groups is 1. The van der Waals surface area contributed by atoms with E-state index >= 15 is 0 Å². The maximum atomic E-state index is 14.2. The highest BCUT2D eigenvalue weighted by molar-refractivity contribution is 7.90. The summed E-state index contributed by atoms with van der Waals surface area (Å²) in [6.45, 7) is 8.60. The lowest BCUT2D eigenvalue weighted by Gasteiger charge is -2.38. The van der Waals surface area contributed by atoms with Gasteiger partial charge >= 0.3 is 0 Å². The molecule has 1 heterocycles. The second-order valence-corrected chi connectivity index (χ2v) is 12.6. The fourth-order valence-corrected chi connectivity index (χ4v) is 9.48. The van der Waals surface area contributed by atoms with E-state index in [1.165, 1.54) is 4.31 Å². The first-order chi connectivity index (χ1) is 16.7. The molecule has 1 saturated heterocycles. The van der Waals surface area contributed by atoms with Crippen LogP contribution in [0, 0.1) is 16.7 Å². The summed E-state index contributed by atoms with van der Waals surface area (Å²) in [7, 11) is -3.75. The van der Waals surface area contributed by atoms with E-state index < -0.39 is 27.9 Å². The lowest BCUT2D eigenvalue weighted by molar-refractivity contribution is -0.136. The number of rotatable bonds is 8. The van der Waals surface area contributed by atoms with Crippen molar-refractivity contribution in [3.8, 4) is 0 Å². The van der Waals surface area contributed by atoms with Crippen LogP contribution in [-0.4, -0.2) is 36.5 Å². The van der Waals surface area contributed by atoms with Crippen molar-refractivity contribution in [3.05, 3.63) is 84.4 Å². The summed E-state index contributed by atoms with van der Waals surface area (Å²) in [5.41, 5.74) is 4.28. The molecule has 2 aliphatic carbocycles. The van der Waals surface area contributed by atoms with Crippen LogP contribution >= 0.6 is 0 Å². The third-order valence-electron chi connectivity index (χ3n) is 8.98. The van der Waals surface area contributed by atoms with E-state index in [-0.39, 0.29) is 29.2 Å². The maximum Gasteiger partial charge on any atom is 0.256 e. The highest BCUT2D eigenvalue weighted by Gasteiger charge is 2.72. The third kappa shape index (κ3) is 3.85. The van der Waals surface area contributed by atoms with Gasteiger partial charge in [0.1, 0.15) is 6.04 Å². The summed E-state index contributed by atoms with van der Waals surface area (Å²) in [6.07, 6.45) is 4.31. The minimum atomic E-state index is -3.75. The van der Waals surface area contributed by atoms with Gasteiger partial charge in [-0.05, 0) is 41.7 Å². The quantitative estimate of drug-likeness (QED) is 0.435. The number of carbonyl (C=O) groups excluding carboxylic acids is 1. The van der Waals surface area contributed by atoms with Crippen molar-refractivity contribution >= 4 is 15.9 Å². The molecule has 3 fully saturated rings. The van der Waals surface area contributed by atoms with Crippen molar-refractivity contribution in [2.75, 3.05) is 5.75 Å². The molecule has 1 amide bonds. The van der Waals surface area contributed by atoms with E-state index in [0.717, 1.165) is 30.4 Å². The number of amides is 1. The molecule has 2 bridgehead atoms. The molecule has 186 valence electrons. The van der Waals surface area contributed by atoms with Crippen molar-refractivity contribution in [3.63, 3.8) is 0 Å². The summed E-state index contributed by atoms with van der Waals surface area (Å²) in [6, 6.07) is 18.0. The van der Waals surface area contributed by atoms with Gasteiger partial charge in [-0.25, -0.2) is 12.7 Å². The SMILES string of the molecule is C=C[C@@H](c1ccccc1)[C@H](NOCc1ccccc1)C(=O)N1C2CC3CC[C@]2(CS1(=O)=O)C3(C)C. The molecular formula is C28H34N2O4S. The van der Waals surface area contributed by atoms with Crippen molar-refractivity contribution in [2.45, 2.75) is 57.7 Å². The van der Waals surface area contributed by atoms with Gasteiger partial charge in [0.2, 0.25) is 10.0 Å². The Hall–Kier alpha value is -2.48. The van der Waals surface area contributed by atoms with Crippen LogP contribution < -0.4 is 5.48 Å². The molecule has 5 atom stereocenters. The summed E-state index contributed by atoms with van der Waals surface area (Å²) in [4.78, 5) is 20.0. The smallest absolute Gasteiger partial charge is 0.256 e. The number of hydrogen-bond donors (Lipinski definition) is 1. The molecular weight excluding hydrogens is 460 g/mol. The molecule has 6 nitrogen and oxygen atoms in total. The molecule has 0 radical (unpaired) electrons. The van der Waals surface area contributed by atoms with Gasteiger partial charge in [0.15, 0.2) is 0 Å². The van der Waals surface area contributed by atoms with Crippen LogP contribution in [0.4, 0.5) is 0 Å². The lowest BCUT2D eigenvalue weighted by Crippen LogP contribution is -2.53. The van der Waals surface area contributed by atoms with Crippen molar-refractivity contribution in [1.29, 1.82) is 0 Å². The van der Waals surface area contributed by atoms with E-state index in [1.54, 1.807) is 6.08 Å². The van der Waals surface area contributed by atoms with Gasteiger partial charge in [0, 0.05) is 11.3 Å². The maximum absolute atomic E-state index is 14.2. The molecule has 1 aliphatic heterocycles. The zero-order chi connectivity index (χ0) is 24.8. The number of nitrogens with one attached hydrogen (secondary N) is 1. The molecule has 0 aromatic heterocycles. The zero-order valence-corrected chi connectivity index (χ0v) is 21.2. The number of nitrogens with zero attached hydrogens (tertiary/aromatic N) is 1. The Bertz CT molecular complexity index is 1200. The molecule has 2 aromatic carbocycles. The molecule has 1 spiro atoms. The van der Waals surface area contributed by atoms with Crippen molar-refractivity contribution in [1.82, 2.24) is 9.79 Å². The zero-order valence-electron chi connectivity index (χ0n) is 20.4. The van der Waals surface area contributed by atoms with Gasteiger partial charge in [0.25, 0.3) is 5.91 Å². The van der Waals surface area contributed by atoms with Gasteiger partial charge in [-0.15, -0.1) is 6.58 Å². The summed E-state index contributed by atoms with van der Waals surface area (Å²) in [5, 5.41) is 0. The second-order valence-electron chi connectivity index (χ2n) is 10.8. The fourth-order valence-electron chi connectivity index (χ4n) is 6.92. The van der Waals surface area contributed by atoms with E-state index in [2.05, 4.69) is 25.9 Å². The van der Waals surface area contributed by atoms with Crippen LogP contribution in [-0.2, 0) is 26.3 Å². The summed E-state index contributed by atoms with van der Waals surface area (Å²) in [5.74, 6) is -0.445.